The van der Waals surface area contributed by atoms with E-state index in [0.29, 0.717) is 6.54 Å². The largest absolute Gasteiger partial charge is 0.367 e. The SMILES string of the molecule is COC(C(=O)N1C2CCC1C(=O)NC2)c1ccc(Br)cc1. The quantitative estimate of drug-likeness (QED) is 0.899. The molecule has 2 heterocycles. The third kappa shape index (κ3) is 2.58. The van der Waals surface area contributed by atoms with Crippen LogP contribution in [0.3, 0.4) is 0 Å². The summed E-state index contributed by atoms with van der Waals surface area (Å²) >= 11 is 3.38. The number of amides is 2. The molecule has 0 spiro atoms. The lowest BCUT2D eigenvalue weighted by Gasteiger charge is -2.36. The van der Waals surface area contributed by atoms with E-state index in [1.807, 2.05) is 24.3 Å². The topological polar surface area (TPSA) is 58.6 Å². The summed E-state index contributed by atoms with van der Waals surface area (Å²) in [6, 6.07) is 7.24. The first-order valence-corrected chi connectivity index (χ1v) is 7.79. The highest BCUT2D eigenvalue weighted by Gasteiger charge is 2.46. The van der Waals surface area contributed by atoms with Gasteiger partial charge in [-0.3, -0.25) is 9.59 Å². The number of carbonyl (C=O) groups is 2. The second kappa shape index (κ2) is 5.77. The number of hydrogen-bond acceptors (Lipinski definition) is 3. The van der Waals surface area contributed by atoms with E-state index in [-0.39, 0.29) is 23.9 Å². The van der Waals surface area contributed by atoms with E-state index in [4.69, 9.17) is 4.74 Å². The van der Waals surface area contributed by atoms with E-state index in [2.05, 4.69) is 21.2 Å². The number of fused-ring (bicyclic) bond motifs is 2. The predicted molar refractivity (Wildman–Crippen MR) is 80.6 cm³/mol. The molecular weight excluding hydrogens is 336 g/mol. The number of methoxy groups -OCH3 is 1. The van der Waals surface area contributed by atoms with Crippen molar-refractivity contribution in [3.63, 3.8) is 0 Å². The number of nitrogens with one attached hydrogen (secondary N) is 1. The van der Waals surface area contributed by atoms with Gasteiger partial charge in [0.15, 0.2) is 6.10 Å². The molecule has 2 bridgehead atoms. The van der Waals surface area contributed by atoms with Gasteiger partial charge in [-0.25, -0.2) is 0 Å². The molecule has 112 valence electrons. The minimum atomic E-state index is -0.660. The van der Waals surface area contributed by atoms with Gasteiger partial charge < -0.3 is 15.0 Å². The Balaban J connectivity index is 1.86. The zero-order valence-corrected chi connectivity index (χ0v) is 13.3. The Morgan fingerprint density at radius 3 is 2.76 bits per heavy atom. The molecule has 3 unspecified atom stereocenters. The second-order valence-corrected chi connectivity index (χ2v) is 6.32. The first-order valence-electron chi connectivity index (χ1n) is 7.00. The van der Waals surface area contributed by atoms with E-state index >= 15 is 0 Å². The van der Waals surface area contributed by atoms with Crippen LogP contribution in [0, 0.1) is 0 Å². The van der Waals surface area contributed by atoms with Crippen molar-refractivity contribution in [3.05, 3.63) is 34.3 Å². The highest BCUT2D eigenvalue weighted by Crippen LogP contribution is 2.32. The standard InChI is InChI=1S/C15H17BrN2O3/c1-21-13(9-2-4-10(16)5-3-9)15(20)18-11-6-7-12(18)14(19)17-8-11/h2-5,11-13H,6-8H2,1H3,(H,17,19). The molecule has 21 heavy (non-hydrogen) atoms. The molecule has 1 aromatic carbocycles. The van der Waals surface area contributed by atoms with E-state index in [0.717, 1.165) is 22.9 Å². The third-order valence-corrected chi connectivity index (χ3v) is 4.73. The number of ether oxygens (including phenoxy) is 1. The molecular formula is C15H17BrN2O3. The maximum Gasteiger partial charge on any atom is 0.257 e. The molecule has 0 aliphatic carbocycles. The number of piperazine rings is 1. The second-order valence-electron chi connectivity index (χ2n) is 5.40. The van der Waals surface area contributed by atoms with Crippen molar-refractivity contribution >= 4 is 27.7 Å². The molecule has 3 rings (SSSR count). The van der Waals surface area contributed by atoms with Crippen molar-refractivity contribution < 1.29 is 14.3 Å². The fourth-order valence-corrected chi connectivity index (χ4v) is 3.43. The zero-order chi connectivity index (χ0) is 15.0. The fraction of sp³-hybridized carbons (Fsp3) is 0.467. The van der Waals surface area contributed by atoms with Gasteiger partial charge >= 0.3 is 0 Å². The summed E-state index contributed by atoms with van der Waals surface area (Å²) in [4.78, 5) is 26.5. The lowest BCUT2D eigenvalue weighted by atomic mass is 10.1. The van der Waals surface area contributed by atoms with Crippen LogP contribution in [0.4, 0.5) is 0 Å². The maximum atomic E-state index is 12.8. The minimum absolute atomic E-state index is 0.0530. The van der Waals surface area contributed by atoms with Crippen molar-refractivity contribution in [1.82, 2.24) is 10.2 Å². The molecule has 1 aromatic rings. The molecule has 0 aromatic heterocycles. The van der Waals surface area contributed by atoms with Gasteiger partial charge in [0.05, 0.1) is 6.04 Å². The Kier molecular flexibility index (Phi) is 3.99. The third-order valence-electron chi connectivity index (χ3n) is 4.20. The van der Waals surface area contributed by atoms with Crippen molar-refractivity contribution in [2.75, 3.05) is 13.7 Å². The summed E-state index contributed by atoms with van der Waals surface area (Å²) in [5, 5.41) is 2.85. The van der Waals surface area contributed by atoms with Crippen LogP contribution in [0.5, 0.6) is 0 Å². The fourth-order valence-electron chi connectivity index (χ4n) is 3.16. The van der Waals surface area contributed by atoms with Crippen LogP contribution in [0.2, 0.25) is 0 Å². The predicted octanol–water partition coefficient (Wildman–Crippen LogP) is 1.63. The molecule has 3 atom stereocenters. The van der Waals surface area contributed by atoms with Gasteiger partial charge in [0.2, 0.25) is 5.91 Å². The van der Waals surface area contributed by atoms with Crippen molar-refractivity contribution in [2.45, 2.75) is 31.0 Å². The lowest BCUT2D eigenvalue weighted by Crippen LogP contribution is -2.58. The van der Waals surface area contributed by atoms with Gasteiger partial charge in [0.25, 0.3) is 5.91 Å². The molecule has 2 aliphatic heterocycles. The lowest BCUT2D eigenvalue weighted by molar-refractivity contribution is -0.151. The average Bonchev–Trinajstić information content (AvgIpc) is 2.82. The van der Waals surface area contributed by atoms with Gasteiger partial charge in [0.1, 0.15) is 6.04 Å². The molecule has 1 N–H and O–H groups in total. The van der Waals surface area contributed by atoms with Gasteiger partial charge in [-0.2, -0.15) is 0 Å². The molecule has 2 amide bonds. The molecule has 0 radical (unpaired) electrons. The minimum Gasteiger partial charge on any atom is -0.367 e. The van der Waals surface area contributed by atoms with Crippen molar-refractivity contribution in [2.24, 2.45) is 0 Å². The first kappa shape index (κ1) is 14.5. The van der Waals surface area contributed by atoms with Gasteiger partial charge in [-0.15, -0.1) is 0 Å². The Hall–Kier alpha value is -1.40. The number of carbonyl (C=O) groups excluding carboxylic acids is 2. The van der Waals surface area contributed by atoms with Crippen LogP contribution in [-0.4, -0.2) is 42.5 Å². The summed E-state index contributed by atoms with van der Waals surface area (Å²) in [7, 11) is 1.52. The molecule has 0 saturated carbocycles. The molecule has 6 heteroatoms. The van der Waals surface area contributed by atoms with Crippen molar-refractivity contribution in [3.8, 4) is 0 Å². The normalized spacial score (nSPS) is 25.6. The molecule has 2 aliphatic rings. The molecule has 2 fully saturated rings. The van der Waals surface area contributed by atoms with Crippen molar-refractivity contribution in [1.29, 1.82) is 0 Å². The van der Waals surface area contributed by atoms with E-state index in [9.17, 15) is 9.59 Å². The van der Waals surface area contributed by atoms with Gasteiger partial charge in [0, 0.05) is 18.1 Å². The average molecular weight is 353 g/mol. The Morgan fingerprint density at radius 2 is 2.10 bits per heavy atom. The Morgan fingerprint density at radius 1 is 1.38 bits per heavy atom. The smallest absolute Gasteiger partial charge is 0.257 e. The molecule has 2 saturated heterocycles. The number of rotatable bonds is 3. The summed E-state index contributed by atoms with van der Waals surface area (Å²) in [6.45, 7) is 0.540. The maximum absolute atomic E-state index is 12.8. The van der Waals surface area contributed by atoms with Gasteiger partial charge in [-0.1, -0.05) is 28.1 Å². The number of benzene rings is 1. The van der Waals surface area contributed by atoms with Crippen LogP contribution in [-0.2, 0) is 14.3 Å². The van der Waals surface area contributed by atoms with E-state index in [1.165, 1.54) is 7.11 Å². The van der Waals surface area contributed by atoms with Crippen LogP contribution >= 0.6 is 15.9 Å². The summed E-state index contributed by atoms with van der Waals surface area (Å²) in [6.07, 6.45) is 0.942. The highest BCUT2D eigenvalue weighted by atomic mass is 79.9. The highest BCUT2D eigenvalue weighted by molar-refractivity contribution is 9.10. The Labute approximate surface area is 131 Å². The van der Waals surface area contributed by atoms with Crippen LogP contribution in [0.25, 0.3) is 0 Å². The van der Waals surface area contributed by atoms with Gasteiger partial charge in [-0.05, 0) is 30.5 Å². The monoisotopic (exact) mass is 352 g/mol. The number of halogens is 1. The number of nitrogens with zero attached hydrogens (tertiary/aromatic N) is 1. The Bertz CT molecular complexity index is 561. The summed E-state index contributed by atoms with van der Waals surface area (Å²) in [5.74, 6) is -0.176. The van der Waals surface area contributed by atoms with Crippen LogP contribution < -0.4 is 5.32 Å². The van der Waals surface area contributed by atoms with Crippen LogP contribution in [0.15, 0.2) is 28.7 Å². The van der Waals surface area contributed by atoms with E-state index < -0.39 is 6.10 Å². The first-order chi connectivity index (χ1) is 10.1. The summed E-state index contributed by atoms with van der Waals surface area (Å²) in [5.41, 5.74) is 0.802. The number of hydrogen-bond donors (Lipinski definition) is 1. The summed E-state index contributed by atoms with van der Waals surface area (Å²) < 4.78 is 6.36. The zero-order valence-electron chi connectivity index (χ0n) is 11.7. The van der Waals surface area contributed by atoms with E-state index in [1.54, 1.807) is 4.90 Å². The van der Waals surface area contributed by atoms with Crippen LogP contribution in [0.1, 0.15) is 24.5 Å². The molecule has 5 nitrogen and oxygen atoms in total.